The van der Waals surface area contributed by atoms with Crippen LogP contribution in [-0.2, 0) is 9.84 Å². The molecule has 5 nitrogen and oxygen atoms in total. The highest BCUT2D eigenvalue weighted by molar-refractivity contribution is 9.10. The Morgan fingerprint density at radius 2 is 2.06 bits per heavy atom. The Morgan fingerprint density at radius 1 is 1.44 bits per heavy atom. The summed E-state index contributed by atoms with van der Waals surface area (Å²) in [5.74, 6) is -0.0912. The van der Waals surface area contributed by atoms with Gasteiger partial charge in [0.1, 0.15) is 6.61 Å². The summed E-state index contributed by atoms with van der Waals surface area (Å²) >= 11 is 3.23. The second-order valence-electron chi connectivity index (χ2n) is 3.91. The number of carbonyl (C=O) groups excluding carboxylic acids is 1. The lowest BCUT2D eigenvalue weighted by molar-refractivity contribution is 0.101. The van der Waals surface area contributed by atoms with Crippen molar-refractivity contribution in [3.63, 3.8) is 0 Å². The first-order valence-corrected chi connectivity index (χ1v) is 7.96. The van der Waals surface area contributed by atoms with Gasteiger partial charge in [0.05, 0.1) is 17.0 Å². The standard InChI is InChI=1S/C11H14BrNO4S/c1-7(14)9-5-8(12)6-10(13)11(9)17-3-4-18(2,15)16/h5-6H,3-4,13H2,1-2H3. The van der Waals surface area contributed by atoms with Gasteiger partial charge < -0.3 is 10.5 Å². The van der Waals surface area contributed by atoms with Gasteiger partial charge >= 0.3 is 0 Å². The fraction of sp³-hybridized carbons (Fsp3) is 0.364. The van der Waals surface area contributed by atoms with E-state index in [-0.39, 0.29) is 23.9 Å². The van der Waals surface area contributed by atoms with Gasteiger partial charge in [0.2, 0.25) is 0 Å². The monoisotopic (exact) mass is 335 g/mol. The molecule has 0 heterocycles. The van der Waals surface area contributed by atoms with Gasteiger partial charge in [0.25, 0.3) is 0 Å². The number of sulfone groups is 1. The van der Waals surface area contributed by atoms with Crippen LogP contribution in [0.2, 0.25) is 0 Å². The Hall–Kier alpha value is -1.08. The fourth-order valence-electron chi connectivity index (χ4n) is 1.33. The Morgan fingerprint density at radius 3 is 2.56 bits per heavy atom. The minimum absolute atomic E-state index is 0.0368. The first kappa shape index (κ1) is 15.0. The van der Waals surface area contributed by atoms with Crippen molar-refractivity contribution in [3.05, 3.63) is 22.2 Å². The Labute approximate surface area is 114 Å². The number of ketones is 1. The van der Waals surface area contributed by atoms with Crippen LogP contribution in [0.1, 0.15) is 17.3 Å². The number of carbonyl (C=O) groups is 1. The number of hydrogen-bond acceptors (Lipinski definition) is 5. The Balaban J connectivity index is 2.97. The van der Waals surface area contributed by atoms with Crippen molar-refractivity contribution >= 4 is 37.2 Å². The van der Waals surface area contributed by atoms with Crippen molar-refractivity contribution in [2.45, 2.75) is 6.92 Å². The number of nitrogen functional groups attached to an aromatic ring is 1. The number of anilines is 1. The third-order valence-corrected chi connectivity index (χ3v) is 3.53. The Bertz CT molecular complexity index is 569. The normalized spacial score (nSPS) is 11.3. The van der Waals surface area contributed by atoms with Crippen molar-refractivity contribution in [1.82, 2.24) is 0 Å². The summed E-state index contributed by atoms with van der Waals surface area (Å²) in [4.78, 5) is 11.5. The van der Waals surface area contributed by atoms with Gasteiger partial charge in [-0.05, 0) is 19.1 Å². The molecule has 0 atom stereocenters. The molecule has 18 heavy (non-hydrogen) atoms. The van der Waals surface area contributed by atoms with E-state index < -0.39 is 9.84 Å². The molecule has 0 saturated carbocycles. The second kappa shape index (κ2) is 5.71. The van der Waals surface area contributed by atoms with E-state index in [4.69, 9.17) is 10.5 Å². The SMILES string of the molecule is CC(=O)c1cc(Br)cc(N)c1OCCS(C)(=O)=O. The van der Waals surface area contributed by atoms with Crippen molar-refractivity contribution in [1.29, 1.82) is 0 Å². The van der Waals surface area contributed by atoms with E-state index in [0.29, 0.717) is 15.7 Å². The highest BCUT2D eigenvalue weighted by Gasteiger charge is 2.14. The number of halogens is 1. The topological polar surface area (TPSA) is 86.5 Å². The van der Waals surface area contributed by atoms with E-state index in [1.807, 2.05) is 0 Å². The molecule has 0 fully saturated rings. The number of Topliss-reactive ketones (excluding diaryl/α,β-unsaturated/α-hetero) is 1. The van der Waals surface area contributed by atoms with Gasteiger partial charge in [-0.3, -0.25) is 4.79 Å². The third-order valence-electron chi connectivity index (χ3n) is 2.16. The molecule has 1 rings (SSSR count). The highest BCUT2D eigenvalue weighted by Crippen LogP contribution is 2.31. The van der Waals surface area contributed by atoms with Crippen molar-refractivity contribution in [3.8, 4) is 5.75 Å². The predicted octanol–water partition coefficient (Wildman–Crippen LogP) is 1.66. The van der Waals surface area contributed by atoms with E-state index in [0.717, 1.165) is 6.26 Å². The zero-order valence-electron chi connectivity index (χ0n) is 10.1. The number of benzene rings is 1. The minimum Gasteiger partial charge on any atom is -0.490 e. The zero-order valence-corrected chi connectivity index (χ0v) is 12.5. The molecule has 1 aromatic carbocycles. The van der Waals surface area contributed by atoms with E-state index in [1.165, 1.54) is 6.92 Å². The molecule has 2 N–H and O–H groups in total. The highest BCUT2D eigenvalue weighted by atomic mass is 79.9. The summed E-state index contributed by atoms with van der Waals surface area (Å²) in [5, 5.41) is 0. The van der Waals surface area contributed by atoms with Gasteiger partial charge in [-0.15, -0.1) is 0 Å². The minimum atomic E-state index is -3.11. The van der Waals surface area contributed by atoms with Crippen molar-refractivity contribution in [2.24, 2.45) is 0 Å². The molecular formula is C11H14BrNO4S. The van der Waals surface area contributed by atoms with Crippen LogP contribution in [0.15, 0.2) is 16.6 Å². The van der Waals surface area contributed by atoms with Gasteiger partial charge in [-0.2, -0.15) is 0 Å². The number of hydrogen-bond donors (Lipinski definition) is 1. The van der Waals surface area contributed by atoms with Crippen LogP contribution in [0.4, 0.5) is 5.69 Å². The van der Waals surface area contributed by atoms with Crippen molar-refractivity contribution in [2.75, 3.05) is 24.3 Å². The molecule has 0 saturated heterocycles. The quantitative estimate of drug-likeness (QED) is 0.653. The van der Waals surface area contributed by atoms with Crippen LogP contribution in [0.5, 0.6) is 5.75 Å². The van der Waals surface area contributed by atoms with Gasteiger partial charge in [0.15, 0.2) is 21.4 Å². The predicted molar refractivity (Wildman–Crippen MR) is 73.8 cm³/mol. The number of nitrogens with two attached hydrogens (primary N) is 1. The average Bonchev–Trinajstić information content (AvgIpc) is 2.18. The third kappa shape index (κ3) is 4.30. The summed E-state index contributed by atoms with van der Waals surface area (Å²) in [6.07, 6.45) is 1.12. The maximum absolute atomic E-state index is 11.5. The van der Waals surface area contributed by atoms with Crippen LogP contribution in [0.25, 0.3) is 0 Å². The van der Waals surface area contributed by atoms with Crippen molar-refractivity contribution < 1.29 is 17.9 Å². The summed E-state index contributed by atoms with van der Waals surface area (Å²) < 4.78 is 28.0. The van der Waals surface area contributed by atoms with E-state index >= 15 is 0 Å². The lowest BCUT2D eigenvalue weighted by atomic mass is 10.1. The largest absolute Gasteiger partial charge is 0.490 e. The summed E-state index contributed by atoms with van der Waals surface area (Å²) in [6, 6.07) is 3.19. The van der Waals surface area contributed by atoms with E-state index in [9.17, 15) is 13.2 Å². The molecular weight excluding hydrogens is 322 g/mol. The number of rotatable bonds is 5. The first-order chi connectivity index (χ1) is 8.20. The lowest BCUT2D eigenvalue weighted by Crippen LogP contribution is -2.14. The summed E-state index contributed by atoms with van der Waals surface area (Å²) in [6.45, 7) is 1.36. The Kier molecular flexibility index (Phi) is 4.75. The first-order valence-electron chi connectivity index (χ1n) is 5.11. The maximum Gasteiger partial charge on any atom is 0.163 e. The van der Waals surface area contributed by atoms with Gasteiger partial charge in [-0.25, -0.2) is 8.42 Å². The lowest BCUT2D eigenvalue weighted by Gasteiger charge is -2.12. The van der Waals surface area contributed by atoms with Crippen LogP contribution in [-0.4, -0.2) is 32.8 Å². The molecule has 1 aromatic rings. The molecule has 0 aromatic heterocycles. The van der Waals surface area contributed by atoms with E-state index in [2.05, 4.69) is 15.9 Å². The van der Waals surface area contributed by atoms with E-state index in [1.54, 1.807) is 12.1 Å². The summed E-state index contributed by atoms with van der Waals surface area (Å²) in [5.41, 5.74) is 6.38. The smallest absolute Gasteiger partial charge is 0.163 e. The van der Waals surface area contributed by atoms with Crippen LogP contribution in [0, 0.1) is 0 Å². The molecule has 7 heteroatoms. The zero-order chi connectivity index (χ0) is 13.9. The molecule has 0 bridgehead atoms. The second-order valence-corrected chi connectivity index (χ2v) is 7.08. The molecule has 100 valence electrons. The molecule has 0 unspecified atom stereocenters. The maximum atomic E-state index is 11.5. The van der Waals surface area contributed by atoms with Crippen LogP contribution in [0.3, 0.4) is 0 Å². The summed E-state index contributed by atoms with van der Waals surface area (Å²) in [7, 11) is -3.11. The molecule has 0 aliphatic rings. The average molecular weight is 336 g/mol. The molecule has 0 aliphatic heterocycles. The molecule has 0 radical (unpaired) electrons. The van der Waals surface area contributed by atoms with Gasteiger partial charge in [-0.1, -0.05) is 15.9 Å². The number of ether oxygens (including phenoxy) is 1. The van der Waals surface area contributed by atoms with Crippen LogP contribution >= 0.6 is 15.9 Å². The fourth-order valence-corrected chi connectivity index (χ4v) is 2.19. The molecule has 0 spiro atoms. The molecule has 0 aliphatic carbocycles. The van der Waals surface area contributed by atoms with Gasteiger partial charge in [0, 0.05) is 10.7 Å². The molecule has 0 amide bonds. The van der Waals surface area contributed by atoms with Crippen LogP contribution < -0.4 is 10.5 Å².